The maximum absolute atomic E-state index is 14.0. The van der Waals surface area contributed by atoms with Crippen LogP contribution >= 0.6 is 23.2 Å². The molecule has 4 nitrogen and oxygen atoms in total. The largest absolute Gasteiger partial charge is 0.369 e. The standard InChI is InChI=1S/C16H15Cl2FN2O2S/c17-12-2-1-3-14(10-12)20-6-8-21(9-7-20)24(22,23)16-5-4-13(18)11-15(16)19/h1-5,10-11H,6-9H2. The van der Waals surface area contributed by atoms with Gasteiger partial charge in [-0.05, 0) is 36.4 Å². The van der Waals surface area contributed by atoms with Gasteiger partial charge >= 0.3 is 0 Å². The Morgan fingerprint density at radius 1 is 0.917 bits per heavy atom. The third-order valence-corrected chi connectivity index (χ3v) is 6.33. The molecule has 0 bridgehead atoms. The summed E-state index contributed by atoms with van der Waals surface area (Å²) in [6.07, 6.45) is 0. The molecule has 1 heterocycles. The van der Waals surface area contributed by atoms with Crippen LogP contribution in [0.1, 0.15) is 0 Å². The fourth-order valence-electron chi connectivity index (χ4n) is 2.68. The van der Waals surface area contributed by atoms with Crippen LogP contribution in [0.25, 0.3) is 0 Å². The summed E-state index contributed by atoms with van der Waals surface area (Å²) in [6.45, 7) is 1.57. The van der Waals surface area contributed by atoms with Crippen molar-refractivity contribution in [1.82, 2.24) is 4.31 Å². The first-order chi connectivity index (χ1) is 11.4. The number of rotatable bonds is 3. The SMILES string of the molecule is O=S(=O)(c1ccc(Cl)cc1F)N1CCN(c2cccc(Cl)c2)CC1. The lowest BCUT2D eigenvalue weighted by molar-refractivity contribution is 0.382. The van der Waals surface area contributed by atoms with E-state index in [1.54, 1.807) is 6.07 Å². The molecule has 1 saturated heterocycles. The van der Waals surface area contributed by atoms with E-state index in [4.69, 9.17) is 23.2 Å². The first kappa shape index (κ1) is 17.5. The molecule has 2 aromatic rings. The number of piperazine rings is 1. The van der Waals surface area contributed by atoms with Gasteiger partial charge in [0.05, 0.1) is 0 Å². The molecule has 1 aliphatic rings. The third kappa shape index (κ3) is 3.52. The highest BCUT2D eigenvalue weighted by molar-refractivity contribution is 7.89. The van der Waals surface area contributed by atoms with Gasteiger partial charge in [-0.3, -0.25) is 0 Å². The highest BCUT2D eigenvalue weighted by atomic mass is 35.5. The second kappa shape index (κ2) is 6.88. The van der Waals surface area contributed by atoms with E-state index in [1.807, 2.05) is 18.2 Å². The highest BCUT2D eigenvalue weighted by Crippen LogP contribution is 2.25. The predicted octanol–water partition coefficient (Wildman–Crippen LogP) is 3.64. The monoisotopic (exact) mass is 388 g/mol. The normalized spacial score (nSPS) is 16.4. The number of hydrogen-bond acceptors (Lipinski definition) is 3. The third-order valence-electron chi connectivity index (χ3n) is 3.92. The number of halogens is 3. The fourth-order valence-corrected chi connectivity index (χ4v) is 4.49. The summed E-state index contributed by atoms with van der Waals surface area (Å²) in [5.41, 5.74) is 0.942. The Labute approximate surface area is 150 Å². The zero-order valence-corrected chi connectivity index (χ0v) is 15.0. The smallest absolute Gasteiger partial charge is 0.246 e. The van der Waals surface area contributed by atoms with Crippen LogP contribution in [-0.4, -0.2) is 38.9 Å². The predicted molar refractivity (Wildman–Crippen MR) is 93.8 cm³/mol. The van der Waals surface area contributed by atoms with Crippen LogP contribution in [0.4, 0.5) is 10.1 Å². The molecule has 2 aromatic carbocycles. The summed E-state index contributed by atoms with van der Waals surface area (Å²) in [5.74, 6) is -0.834. The van der Waals surface area contributed by atoms with E-state index in [0.717, 1.165) is 11.8 Å². The van der Waals surface area contributed by atoms with E-state index in [0.29, 0.717) is 18.1 Å². The van der Waals surface area contributed by atoms with Gasteiger partial charge in [0, 0.05) is 41.9 Å². The number of hydrogen-bond donors (Lipinski definition) is 0. The summed E-state index contributed by atoms with van der Waals surface area (Å²) >= 11 is 11.7. The molecule has 0 aromatic heterocycles. The van der Waals surface area contributed by atoms with Gasteiger partial charge in [0.15, 0.2) is 0 Å². The maximum atomic E-state index is 14.0. The van der Waals surface area contributed by atoms with Gasteiger partial charge in [-0.15, -0.1) is 0 Å². The van der Waals surface area contributed by atoms with Gasteiger partial charge in [0.25, 0.3) is 0 Å². The molecule has 0 saturated carbocycles. The minimum atomic E-state index is -3.88. The van der Waals surface area contributed by atoms with Crippen molar-refractivity contribution in [2.24, 2.45) is 0 Å². The van der Waals surface area contributed by atoms with Gasteiger partial charge in [-0.25, -0.2) is 12.8 Å². The van der Waals surface area contributed by atoms with Crippen LogP contribution in [0.15, 0.2) is 47.4 Å². The molecular weight excluding hydrogens is 374 g/mol. The summed E-state index contributed by atoms with van der Waals surface area (Å²) in [7, 11) is -3.88. The Kier molecular flexibility index (Phi) is 5.01. The first-order valence-electron chi connectivity index (χ1n) is 7.33. The lowest BCUT2D eigenvalue weighted by Gasteiger charge is -2.35. The van der Waals surface area contributed by atoms with Crippen molar-refractivity contribution in [2.75, 3.05) is 31.1 Å². The number of nitrogens with zero attached hydrogens (tertiary/aromatic N) is 2. The maximum Gasteiger partial charge on any atom is 0.246 e. The number of anilines is 1. The Hall–Kier alpha value is -1.34. The van der Waals surface area contributed by atoms with E-state index >= 15 is 0 Å². The van der Waals surface area contributed by atoms with E-state index in [2.05, 4.69) is 4.90 Å². The lowest BCUT2D eigenvalue weighted by Crippen LogP contribution is -2.48. The quantitative estimate of drug-likeness (QED) is 0.805. The van der Waals surface area contributed by atoms with Crippen molar-refractivity contribution >= 4 is 38.9 Å². The first-order valence-corrected chi connectivity index (χ1v) is 9.53. The highest BCUT2D eigenvalue weighted by Gasteiger charge is 2.30. The molecule has 24 heavy (non-hydrogen) atoms. The topological polar surface area (TPSA) is 40.6 Å². The Balaban J connectivity index is 1.76. The summed E-state index contributed by atoms with van der Waals surface area (Å²) in [6, 6.07) is 11.0. The molecule has 1 aliphatic heterocycles. The van der Waals surface area contributed by atoms with Crippen LogP contribution in [0.3, 0.4) is 0 Å². The molecule has 0 aliphatic carbocycles. The van der Waals surface area contributed by atoms with Crippen LogP contribution in [-0.2, 0) is 10.0 Å². The van der Waals surface area contributed by atoms with Gasteiger partial charge in [0.1, 0.15) is 10.7 Å². The average molecular weight is 389 g/mol. The average Bonchev–Trinajstić information content (AvgIpc) is 2.54. The van der Waals surface area contributed by atoms with Crippen LogP contribution in [0, 0.1) is 5.82 Å². The Morgan fingerprint density at radius 3 is 2.21 bits per heavy atom. The number of benzene rings is 2. The van der Waals surface area contributed by atoms with E-state index in [1.165, 1.54) is 16.4 Å². The van der Waals surface area contributed by atoms with Crippen molar-refractivity contribution < 1.29 is 12.8 Å². The summed E-state index contributed by atoms with van der Waals surface area (Å²) < 4.78 is 40.5. The molecule has 1 fully saturated rings. The minimum absolute atomic E-state index is 0.164. The molecule has 0 unspecified atom stereocenters. The zero-order valence-electron chi connectivity index (χ0n) is 12.6. The van der Waals surface area contributed by atoms with Gasteiger partial charge in [-0.2, -0.15) is 4.31 Å². The van der Waals surface area contributed by atoms with Crippen molar-refractivity contribution in [3.8, 4) is 0 Å². The molecule has 0 atom stereocenters. The fraction of sp³-hybridized carbons (Fsp3) is 0.250. The number of sulfonamides is 1. The molecule has 0 radical (unpaired) electrons. The van der Waals surface area contributed by atoms with E-state index in [9.17, 15) is 12.8 Å². The van der Waals surface area contributed by atoms with Crippen LogP contribution < -0.4 is 4.90 Å². The van der Waals surface area contributed by atoms with Crippen molar-refractivity contribution in [2.45, 2.75) is 4.90 Å². The van der Waals surface area contributed by atoms with Crippen molar-refractivity contribution in [3.63, 3.8) is 0 Å². The summed E-state index contributed by atoms with van der Waals surface area (Å²) in [5, 5.41) is 0.794. The van der Waals surface area contributed by atoms with Crippen molar-refractivity contribution in [3.05, 3.63) is 58.3 Å². The molecule has 0 N–H and O–H groups in total. The molecule has 0 spiro atoms. The lowest BCUT2D eigenvalue weighted by atomic mass is 10.2. The Bertz CT molecular complexity index is 853. The van der Waals surface area contributed by atoms with Gasteiger partial charge in [0.2, 0.25) is 10.0 Å². The van der Waals surface area contributed by atoms with E-state index < -0.39 is 15.8 Å². The second-order valence-electron chi connectivity index (χ2n) is 5.45. The zero-order chi connectivity index (χ0) is 17.3. The Morgan fingerprint density at radius 2 is 1.58 bits per heavy atom. The summed E-state index contributed by atoms with van der Waals surface area (Å²) in [4.78, 5) is 1.71. The molecular formula is C16H15Cl2FN2O2S. The molecule has 128 valence electrons. The second-order valence-corrected chi connectivity index (χ2v) is 8.22. The molecule has 8 heteroatoms. The van der Waals surface area contributed by atoms with Crippen molar-refractivity contribution in [1.29, 1.82) is 0 Å². The van der Waals surface area contributed by atoms with Gasteiger partial charge < -0.3 is 4.90 Å². The molecule has 3 rings (SSSR count). The van der Waals surface area contributed by atoms with Crippen LogP contribution in [0.2, 0.25) is 10.0 Å². The van der Waals surface area contributed by atoms with Gasteiger partial charge in [-0.1, -0.05) is 29.3 Å². The van der Waals surface area contributed by atoms with E-state index in [-0.39, 0.29) is 23.0 Å². The minimum Gasteiger partial charge on any atom is -0.369 e. The molecule has 0 amide bonds. The van der Waals surface area contributed by atoms with Crippen LogP contribution in [0.5, 0.6) is 0 Å².